The number of carboxylic acids is 1. The molecule has 0 aliphatic carbocycles. The van der Waals surface area contributed by atoms with Crippen LogP contribution in [-0.2, 0) is 0 Å². The summed E-state index contributed by atoms with van der Waals surface area (Å²) in [6.45, 7) is 0. The van der Waals surface area contributed by atoms with Crippen molar-refractivity contribution in [1.82, 2.24) is 9.97 Å². The molecule has 1 aromatic carbocycles. The largest absolute Gasteiger partial charge is 0.508 e. The number of carbonyl (C=O) groups is 2. The molecule has 0 aliphatic rings. The highest BCUT2D eigenvalue weighted by Gasteiger charge is 2.13. The maximum Gasteiger partial charge on any atom is 0.337 e. The molecule has 8 heteroatoms. The summed E-state index contributed by atoms with van der Waals surface area (Å²) >= 11 is 0. The van der Waals surface area contributed by atoms with Crippen LogP contribution in [0.25, 0.3) is 0 Å². The zero-order valence-corrected chi connectivity index (χ0v) is 10.1. The van der Waals surface area contributed by atoms with Crippen molar-refractivity contribution in [3.05, 3.63) is 42.5 Å². The lowest BCUT2D eigenvalue weighted by molar-refractivity contribution is 0.0697. The first-order valence-electron chi connectivity index (χ1n) is 5.45. The van der Waals surface area contributed by atoms with E-state index in [1.54, 1.807) is 0 Å². The number of urea groups is 1. The Labute approximate surface area is 113 Å². The van der Waals surface area contributed by atoms with Gasteiger partial charge in [-0.25, -0.2) is 19.6 Å². The van der Waals surface area contributed by atoms with Crippen molar-refractivity contribution in [2.24, 2.45) is 0 Å². The van der Waals surface area contributed by atoms with Crippen LogP contribution >= 0.6 is 0 Å². The minimum absolute atomic E-state index is 0.0599. The fraction of sp³-hybridized carbons (Fsp3) is 0. The molecule has 2 rings (SSSR count). The van der Waals surface area contributed by atoms with E-state index in [9.17, 15) is 14.7 Å². The Bertz CT molecular complexity index is 645. The van der Waals surface area contributed by atoms with Gasteiger partial charge in [-0.2, -0.15) is 0 Å². The molecule has 0 radical (unpaired) electrons. The predicted molar refractivity (Wildman–Crippen MR) is 69.7 cm³/mol. The number of rotatable bonds is 3. The Balaban J connectivity index is 2.14. The summed E-state index contributed by atoms with van der Waals surface area (Å²) in [6.07, 6.45) is 4.09. The van der Waals surface area contributed by atoms with Crippen LogP contribution in [0.2, 0.25) is 0 Å². The Kier molecular flexibility index (Phi) is 3.75. The average Bonchev–Trinajstić information content (AvgIpc) is 2.41. The van der Waals surface area contributed by atoms with Crippen molar-refractivity contribution in [3.8, 4) is 5.75 Å². The van der Waals surface area contributed by atoms with Gasteiger partial charge < -0.3 is 20.8 Å². The van der Waals surface area contributed by atoms with E-state index < -0.39 is 12.0 Å². The van der Waals surface area contributed by atoms with Crippen molar-refractivity contribution in [2.45, 2.75) is 0 Å². The van der Waals surface area contributed by atoms with Crippen LogP contribution in [0.15, 0.2) is 36.9 Å². The van der Waals surface area contributed by atoms with Gasteiger partial charge in [-0.15, -0.1) is 0 Å². The first-order valence-corrected chi connectivity index (χ1v) is 5.45. The summed E-state index contributed by atoms with van der Waals surface area (Å²) in [5, 5.41) is 23.0. The van der Waals surface area contributed by atoms with Gasteiger partial charge in [0, 0.05) is 0 Å². The topological polar surface area (TPSA) is 124 Å². The molecular formula is C12H10N4O4. The Hall–Kier alpha value is -3.16. The normalized spacial score (nSPS) is 9.80. The fourth-order valence-corrected chi connectivity index (χ4v) is 1.47. The van der Waals surface area contributed by atoms with Crippen molar-refractivity contribution < 1.29 is 19.8 Å². The van der Waals surface area contributed by atoms with E-state index in [2.05, 4.69) is 20.6 Å². The summed E-state index contributed by atoms with van der Waals surface area (Å²) in [5.74, 6) is -1.47. The van der Waals surface area contributed by atoms with Crippen LogP contribution in [-0.4, -0.2) is 32.2 Å². The van der Waals surface area contributed by atoms with Crippen LogP contribution in [0.4, 0.5) is 16.2 Å². The summed E-state index contributed by atoms with van der Waals surface area (Å²) < 4.78 is 0. The van der Waals surface area contributed by atoms with Crippen LogP contribution < -0.4 is 10.6 Å². The van der Waals surface area contributed by atoms with E-state index in [1.807, 2.05) is 0 Å². The van der Waals surface area contributed by atoms with E-state index in [1.165, 1.54) is 30.9 Å². The van der Waals surface area contributed by atoms with Gasteiger partial charge in [0.2, 0.25) is 0 Å². The molecule has 2 aromatic rings. The molecule has 0 unspecified atom stereocenters. The molecule has 0 bridgehead atoms. The number of aromatic hydroxyl groups is 1. The molecule has 1 heterocycles. The van der Waals surface area contributed by atoms with Crippen molar-refractivity contribution in [1.29, 1.82) is 0 Å². The van der Waals surface area contributed by atoms with Crippen molar-refractivity contribution in [3.63, 3.8) is 0 Å². The van der Waals surface area contributed by atoms with E-state index in [-0.39, 0.29) is 17.0 Å². The molecule has 0 saturated carbocycles. The Morgan fingerprint density at radius 2 is 1.80 bits per heavy atom. The molecule has 0 atom stereocenters. The van der Waals surface area contributed by atoms with E-state index >= 15 is 0 Å². The van der Waals surface area contributed by atoms with Gasteiger partial charge in [-0.05, 0) is 18.2 Å². The molecule has 1 aromatic heterocycles. The van der Waals surface area contributed by atoms with Crippen LogP contribution in [0.5, 0.6) is 5.75 Å². The second kappa shape index (κ2) is 5.65. The van der Waals surface area contributed by atoms with Crippen LogP contribution in [0.3, 0.4) is 0 Å². The summed E-state index contributed by atoms with van der Waals surface area (Å²) in [6, 6.07) is 2.96. The fourth-order valence-electron chi connectivity index (χ4n) is 1.47. The number of hydrogen-bond acceptors (Lipinski definition) is 5. The lowest BCUT2D eigenvalue weighted by Gasteiger charge is -2.09. The number of hydrogen-bond donors (Lipinski definition) is 4. The van der Waals surface area contributed by atoms with Crippen LogP contribution in [0, 0.1) is 0 Å². The third-order valence-corrected chi connectivity index (χ3v) is 2.30. The quantitative estimate of drug-likeness (QED) is 0.629. The molecule has 8 nitrogen and oxygen atoms in total. The maximum absolute atomic E-state index is 11.7. The first kappa shape index (κ1) is 13.3. The van der Waals surface area contributed by atoms with Gasteiger partial charge in [0.1, 0.15) is 12.1 Å². The molecule has 102 valence electrons. The zero-order chi connectivity index (χ0) is 14.5. The first-order chi connectivity index (χ1) is 9.56. The van der Waals surface area contributed by atoms with Crippen molar-refractivity contribution in [2.75, 3.05) is 10.6 Å². The second-order valence-corrected chi connectivity index (χ2v) is 3.74. The number of nitrogens with zero attached hydrogens (tertiary/aromatic N) is 2. The standard InChI is InChI=1S/C12H10N4O4/c17-8-1-2-10(9(3-8)11(18)19)16-12(20)15-7-4-13-6-14-5-7/h1-6,17H,(H,18,19)(H2,15,16,20). The third kappa shape index (κ3) is 3.19. The predicted octanol–water partition coefficient (Wildman–Crippen LogP) is 1.52. The highest BCUT2D eigenvalue weighted by atomic mass is 16.4. The average molecular weight is 274 g/mol. The van der Waals surface area contributed by atoms with E-state index in [0.29, 0.717) is 5.69 Å². The van der Waals surface area contributed by atoms with Gasteiger partial charge in [0.25, 0.3) is 0 Å². The number of carbonyl (C=O) groups excluding carboxylic acids is 1. The lowest BCUT2D eigenvalue weighted by Crippen LogP contribution is -2.21. The number of phenols is 1. The summed E-state index contributed by atoms with van der Waals surface area (Å²) in [7, 11) is 0. The van der Waals surface area contributed by atoms with Gasteiger partial charge >= 0.3 is 12.0 Å². The number of anilines is 2. The summed E-state index contributed by atoms with van der Waals surface area (Å²) in [5.41, 5.74) is 0.203. The number of phenolic OH excluding ortho intramolecular Hbond substituents is 1. The van der Waals surface area contributed by atoms with Crippen molar-refractivity contribution >= 4 is 23.4 Å². The molecule has 4 N–H and O–H groups in total. The van der Waals surface area contributed by atoms with Gasteiger partial charge in [0.15, 0.2) is 0 Å². The summed E-state index contributed by atoms with van der Waals surface area (Å²) in [4.78, 5) is 30.2. The number of nitrogens with one attached hydrogen (secondary N) is 2. The van der Waals surface area contributed by atoms with Gasteiger partial charge in [-0.3, -0.25) is 0 Å². The second-order valence-electron chi connectivity index (χ2n) is 3.74. The third-order valence-electron chi connectivity index (χ3n) is 2.30. The maximum atomic E-state index is 11.7. The number of aromatic nitrogens is 2. The van der Waals surface area contributed by atoms with E-state index in [4.69, 9.17) is 5.11 Å². The zero-order valence-electron chi connectivity index (χ0n) is 10.1. The minimum atomic E-state index is -1.26. The van der Waals surface area contributed by atoms with Gasteiger partial charge in [0.05, 0.1) is 29.3 Å². The highest BCUT2D eigenvalue weighted by Crippen LogP contribution is 2.21. The molecule has 0 aliphatic heterocycles. The SMILES string of the molecule is O=C(Nc1cncnc1)Nc1ccc(O)cc1C(=O)O. The molecule has 0 fully saturated rings. The molecular weight excluding hydrogens is 264 g/mol. The van der Waals surface area contributed by atoms with Crippen LogP contribution in [0.1, 0.15) is 10.4 Å². The lowest BCUT2D eigenvalue weighted by atomic mass is 10.1. The number of aromatic carboxylic acids is 1. The molecule has 2 amide bonds. The van der Waals surface area contributed by atoms with E-state index in [0.717, 1.165) is 6.07 Å². The molecule has 0 spiro atoms. The van der Waals surface area contributed by atoms with Gasteiger partial charge in [-0.1, -0.05) is 0 Å². The smallest absolute Gasteiger partial charge is 0.337 e. The molecule has 20 heavy (non-hydrogen) atoms. The number of amides is 2. The number of benzene rings is 1. The highest BCUT2D eigenvalue weighted by molar-refractivity contribution is 6.04. The Morgan fingerprint density at radius 1 is 1.10 bits per heavy atom. The number of carboxylic acid groups (broad SMARTS) is 1. The monoisotopic (exact) mass is 274 g/mol. The minimum Gasteiger partial charge on any atom is -0.508 e. The Morgan fingerprint density at radius 3 is 2.45 bits per heavy atom. The molecule has 0 saturated heterocycles.